The van der Waals surface area contributed by atoms with Crippen molar-refractivity contribution in [3.05, 3.63) is 35.5 Å². The highest BCUT2D eigenvalue weighted by Gasteiger charge is 2.46. The van der Waals surface area contributed by atoms with Crippen LogP contribution < -0.4 is 5.32 Å². The number of nitrogens with one attached hydrogen (secondary N) is 1. The van der Waals surface area contributed by atoms with Crippen LogP contribution >= 0.6 is 0 Å². The smallest absolute Gasteiger partial charge is 0.289 e. The van der Waals surface area contributed by atoms with Gasteiger partial charge in [-0.15, -0.1) is 0 Å². The van der Waals surface area contributed by atoms with Gasteiger partial charge < -0.3 is 19.1 Å². The Morgan fingerprint density at radius 3 is 2.96 bits per heavy atom. The van der Waals surface area contributed by atoms with Gasteiger partial charge in [0.15, 0.2) is 0 Å². The maximum Gasteiger partial charge on any atom is 0.289 e. The van der Waals surface area contributed by atoms with Gasteiger partial charge in [-0.05, 0) is 25.7 Å². The van der Waals surface area contributed by atoms with Gasteiger partial charge in [0, 0.05) is 38.3 Å². The number of amides is 1. The van der Waals surface area contributed by atoms with Gasteiger partial charge in [-0.1, -0.05) is 10.3 Å². The van der Waals surface area contributed by atoms with Crippen molar-refractivity contribution < 1.29 is 18.6 Å². The summed E-state index contributed by atoms with van der Waals surface area (Å²) in [6.07, 6.45) is 3.53. The largest absolute Gasteiger partial charge is 0.372 e. The molecule has 25 heavy (non-hydrogen) atoms. The summed E-state index contributed by atoms with van der Waals surface area (Å²) in [5, 5.41) is 10.5. The second-order valence-corrected chi connectivity index (χ2v) is 7.06. The molecule has 4 rings (SSSR count). The second-order valence-electron chi connectivity index (χ2n) is 7.06. The molecule has 8 heteroatoms. The molecule has 2 aromatic rings. The standard InChI is InChI=1S/C17H22N4O4/c1-12-6-14(20-24-12)8-21-10-17(11-21)4-2-13(9-23-17)7-18-16(22)15-3-5-19-25-15/h3,5-6,13H,2,4,7-11H2,1H3,(H,18,22). The molecule has 8 nitrogen and oxygen atoms in total. The van der Waals surface area contributed by atoms with E-state index in [0.29, 0.717) is 19.1 Å². The molecule has 4 heterocycles. The molecule has 1 N–H and O–H groups in total. The van der Waals surface area contributed by atoms with Crippen LogP contribution in [-0.4, -0.2) is 53.0 Å². The molecule has 2 aliphatic rings. The number of hydrogen-bond acceptors (Lipinski definition) is 7. The fourth-order valence-corrected chi connectivity index (χ4v) is 3.59. The highest BCUT2D eigenvalue weighted by atomic mass is 16.5. The first kappa shape index (κ1) is 16.3. The van der Waals surface area contributed by atoms with Gasteiger partial charge >= 0.3 is 0 Å². The van der Waals surface area contributed by atoms with E-state index in [1.807, 2.05) is 13.0 Å². The molecule has 0 bridgehead atoms. The van der Waals surface area contributed by atoms with Gasteiger partial charge in [0.1, 0.15) is 5.76 Å². The van der Waals surface area contributed by atoms with Gasteiger partial charge in [0.05, 0.1) is 24.1 Å². The fraction of sp³-hybridized carbons (Fsp3) is 0.588. The van der Waals surface area contributed by atoms with Crippen molar-refractivity contribution in [2.24, 2.45) is 5.92 Å². The maximum absolute atomic E-state index is 11.9. The first-order valence-electron chi connectivity index (χ1n) is 8.59. The molecule has 0 radical (unpaired) electrons. The van der Waals surface area contributed by atoms with Gasteiger partial charge in [0.2, 0.25) is 5.76 Å². The normalized spacial score (nSPS) is 22.7. The number of ether oxygens (including phenoxy) is 1. The summed E-state index contributed by atoms with van der Waals surface area (Å²) < 4.78 is 16.1. The van der Waals surface area contributed by atoms with Crippen LogP contribution in [0, 0.1) is 12.8 Å². The molecule has 0 aromatic carbocycles. The average Bonchev–Trinajstić information content (AvgIpc) is 3.24. The highest BCUT2D eigenvalue weighted by Crippen LogP contribution is 2.36. The average molecular weight is 346 g/mol. The zero-order chi connectivity index (χ0) is 17.3. The fourth-order valence-electron chi connectivity index (χ4n) is 3.59. The third-order valence-electron chi connectivity index (χ3n) is 4.93. The van der Waals surface area contributed by atoms with Crippen molar-refractivity contribution in [1.82, 2.24) is 20.5 Å². The zero-order valence-electron chi connectivity index (χ0n) is 14.2. The summed E-state index contributed by atoms with van der Waals surface area (Å²) in [6.45, 7) is 5.83. The van der Waals surface area contributed by atoms with E-state index in [2.05, 4.69) is 20.5 Å². The monoisotopic (exact) mass is 346 g/mol. The number of nitrogens with zero attached hydrogens (tertiary/aromatic N) is 3. The van der Waals surface area contributed by atoms with E-state index in [-0.39, 0.29) is 17.3 Å². The first-order valence-corrected chi connectivity index (χ1v) is 8.59. The van der Waals surface area contributed by atoms with Crippen LogP contribution in [0.2, 0.25) is 0 Å². The molecular formula is C17H22N4O4. The summed E-state index contributed by atoms with van der Waals surface area (Å²) in [6, 6.07) is 3.53. The number of carbonyl (C=O) groups excluding carboxylic acids is 1. The van der Waals surface area contributed by atoms with Crippen LogP contribution in [0.15, 0.2) is 27.4 Å². The van der Waals surface area contributed by atoms with Gasteiger partial charge in [-0.3, -0.25) is 9.69 Å². The minimum Gasteiger partial charge on any atom is -0.372 e. The summed E-state index contributed by atoms with van der Waals surface area (Å²) in [5.41, 5.74) is 0.945. The molecule has 1 atom stereocenters. The van der Waals surface area contributed by atoms with E-state index in [9.17, 15) is 4.79 Å². The minimum absolute atomic E-state index is 0.0236. The summed E-state index contributed by atoms with van der Waals surface area (Å²) in [4.78, 5) is 14.2. The molecule has 2 saturated heterocycles. The Balaban J connectivity index is 1.18. The summed E-state index contributed by atoms with van der Waals surface area (Å²) in [5.74, 6) is 1.19. The molecule has 2 fully saturated rings. The van der Waals surface area contributed by atoms with Gasteiger partial charge in [-0.25, -0.2) is 0 Å². The molecule has 2 aliphatic heterocycles. The van der Waals surface area contributed by atoms with Crippen LogP contribution in [0.1, 0.15) is 34.9 Å². The Morgan fingerprint density at radius 1 is 1.44 bits per heavy atom. The Labute approximate surface area is 145 Å². The lowest BCUT2D eigenvalue weighted by atomic mass is 9.83. The lowest BCUT2D eigenvalue weighted by molar-refractivity contribution is -0.181. The van der Waals surface area contributed by atoms with Crippen LogP contribution in [0.5, 0.6) is 0 Å². The highest BCUT2D eigenvalue weighted by molar-refractivity contribution is 5.91. The summed E-state index contributed by atoms with van der Waals surface area (Å²) >= 11 is 0. The first-order chi connectivity index (χ1) is 12.1. The van der Waals surface area contributed by atoms with E-state index in [1.165, 1.54) is 6.20 Å². The molecule has 0 aliphatic carbocycles. The van der Waals surface area contributed by atoms with Crippen molar-refractivity contribution in [2.45, 2.75) is 31.9 Å². The lowest BCUT2D eigenvalue weighted by Crippen LogP contribution is -2.64. The van der Waals surface area contributed by atoms with Crippen LogP contribution in [0.4, 0.5) is 0 Å². The molecule has 134 valence electrons. The van der Waals surface area contributed by atoms with Crippen molar-refractivity contribution in [2.75, 3.05) is 26.2 Å². The topological polar surface area (TPSA) is 93.6 Å². The van der Waals surface area contributed by atoms with Crippen LogP contribution in [0.25, 0.3) is 0 Å². The predicted octanol–water partition coefficient (Wildman–Crippen LogP) is 1.38. The summed E-state index contributed by atoms with van der Waals surface area (Å²) in [7, 11) is 0. The SMILES string of the molecule is Cc1cc(CN2CC3(CCC(CNC(=O)c4ccno4)CO3)C2)no1. The number of carbonyl (C=O) groups is 1. The van der Waals surface area contributed by atoms with Crippen molar-refractivity contribution in [3.8, 4) is 0 Å². The lowest BCUT2D eigenvalue weighted by Gasteiger charge is -2.52. The maximum atomic E-state index is 11.9. The Kier molecular flexibility index (Phi) is 4.30. The van der Waals surface area contributed by atoms with E-state index >= 15 is 0 Å². The third-order valence-corrected chi connectivity index (χ3v) is 4.93. The Bertz CT molecular complexity index is 711. The van der Waals surface area contributed by atoms with E-state index in [0.717, 1.165) is 43.9 Å². The predicted molar refractivity (Wildman–Crippen MR) is 86.8 cm³/mol. The number of rotatable bonds is 5. The van der Waals surface area contributed by atoms with E-state index < -0.39 is 0 Å². The van der Waals surface area contributed by atoms with Crippen LogP contribution in [0.3, 0.4) is 0 Å². The molecule has 2 aromatic heterocycles. The van der Waals surface area contributed by atoms with Crippen molar-refractivity contribution in [1.29, 1.82) is 0 Å². The third kappa shape index (κ3) is 3.59. The number of likely N-dealkylation sites (tertiary alicyclic amines) is 1. The zero-order valence-corrected chi connectivity index (χ0v) is 14.2. The molecule has 1 unspecified atom stereocenters. The number of aromatic nitrogens is 2. The number of aryl methyl sites for hydroxylation is 1. The van der Waals surface area contributed by atoms with Gasteiger partial charge in [0.25, 0.3) is 5.91 Å². The Morgan fingerprint density at radius 2 is 2.32 bits per heavy atom. The van der Waals surface area contributed by atoms with Crippen molar-refractivity contribution >= 4 is 5.91 Å². The molecule has 1 spiro atoms. The molecular weight excluding hydrogens is 324 g/mol. The quantitative estimate of drug-likeness (QED) is 0.874. The van der Waals surface area contributed by atoms with Crippen LogP contribution in [-0.2, 0) is 11.3 Å². The van der Waals surface area contributed by atoms with E-state index in [4.69, 9.17) is 13.8 Å². The Hall–Kier alpha value is -2.19. The minimum atomic E-state index is -0.226. The molecule has 1 amide bonds. The van der Waals surface area contributed by atoms with Gasteiger partial charge in [-0.2, -0.15) is 0 Å². The number of hydrogen-bond donors (Lipinski definition) is 1. The van der Waals surface area contributed by atoms with Crippen molar-refractivity contribution in [3.63, 3.8) is 0 Å². The molecule has 0 saturated carbocycles. The second kappa shape index (κ2) is 6.61. The van der Waals surface area contributed by atoms with E-state index in [1.54, 1.807) is 6.07 Å².